The Balaban J connectivity index is 2.35. The molecule has 1 aliphatic rings. The molecule has 1 fully saturated rings. The van der Waals surface area contributed by atoms with Crippen LogP contribution in [0.3, 0.4) is 0 Å². The zero-order chi connectivity index (χ0) is 11.7. The fourth-order valence-electron chi connectivity index (χ4n) is 2.03. The van der Waals surface area contributed by atoms with Gasteiger partial charge in [-0.1, -0.05) is 0 Å². The fraction of sp³-hybridized carbons (Fsp3) is 0.364. The van der Waals surface area contributed by atoms with E-state index in [-0.39, 0.29) is 11.4 Å². The molecule has 1 atom stereocenters. The summed E-state index contributed by atoms with van der Waals surface area (Å²) in [6.07, 6.45) is 1.22. The molecule has 0 amide bonds. The molecule has 16 heavy (non-hydrogen) atoms. The van der Waals surface area contributed by atoms with Crippen molar-refractivity contribution >= 4 is 11.7 Å². The molecule has 1 aromatic rings. The first-order valence-corrected chi connectivity index (χ1v) is 5.07. The van der Waals surface area contributed by atoms with Crippen molar-refractivity contribution in [1.29, 1.82) is 0 Å². The summed E-state index contributed by atoms with van der Waals surface area (Å²) in [4.78, 5) is 12.4. The minimum atomic E-state index is -0.958. The number of nitrogens with zero attached hydrogens (tertiary/aromatic N) is 1. The van der Waals surface area contributed by atoms with Gasteiger partial charge in [0.1, 0.15) is 17.6 Å². The number of benzene rings is 1. The molecule has 0 bridgehead atoms. The molecule has 1 aliphatic heterocycles. The number of aliphatic carboxylic acids is 1. The van der Waals surface area contributed by atoms with Crippen LogP contribution in [0.2, 0.25) is 0 Å². The molecule has 0 aliphatic carbocycles. The summed E-state index contributed by atoms with van der Waals surface area (Å²) < 4.78 is 13.5. The number of carboxylic acids is 1. The lowest BCUT2D eigenvalue weighted by atomic mass is 10.2. The van der Waals surface area contributed by atoms with Gasteiger partial charge in [0.15, 0.2) is 0 Å². The van der Waals surface area contributed by atoms with E-state index in [2.05, 4.69) is 0 Å². The topological polar surface area (TPSA) is 60.8 Å². The maximum Gasteiger partial charge on any atom is 0.326 e. The quantitative estimate of drug-likeness (QED) is 0.802. The molecule has 0 saturated carbocycles. The first kappa shape index (κ1) is 10.7. The van der Waals surface area contributed by atoms with Crippen LogP contribution < -0.4 is 4.90 Å². The Bertz CT molecular complexity index is 422. The monoisotopic (exact) mass is 225 g/mol. The van der Waals surface area contributed by atoms with Crippen LogP contribution in [0.15, 0.2) is 18.2 Å². The number of carbonyl (C=O) groups is 1. The van der Waals surface area contributed by atoms with Crippen molar-refractivity contribution in [2.75, 3.05) is 11.4 Å². The highest BCUT2D eigenvalue weighted by Crippen LogP contribution is 2.30. The Morgan fingerprint density at radius 2 is 2.25 bits per heavy atom. The highest BCUT2D eigenvalue weighted by Gasteiger charge is 2.32. The summed E-state index contributed by atoms with van der Waals surface area (Å²) in [7, 11) is 0. The number of hydrogen-bond donors (Lipinski definition) is 2. The molecule has 5 heteroatoms. The molecule has 1 saturated heterocycles. The van der Waals surface area contributed by atoms with Crippen LogP contribution in [0, 0.1) is 5.82 Å². The molecule has 1 heterocycles. The minimum Gasteiger partial charge on any atom is -0.508 e. The molecule has 1 unspecified atom stereocenters. The standard InChI is InChI=1S/C11H12FNO3/c12-8-4-3-7(14)6-10(8)13-5-1-2-9(13)11(15)16/h3-4,6,9,14H,1-2,5H2,(H,15,16). The van der Waals surface area contributed by atoms with E-state index < -0.39 is 17.8 Å². The maximum atomic E-state index is 13.5. The van der Waals surface area contributed by atoms with Crippen molar-refractivity contribution in [2.24, 2.45) is 0 Å². The van der Waals surface area contributed by atoms with Gasteiger partial charge >= 0.3 is 5.97 Å². The molecular weight excluding hydrogens is 213 g/mol. The van der Waals surface area contributed by atoms with Crippen molar-refractivity contribution in [3.8, 4) is 5.75 Å². The molecule has 86 valence electrons. The Morgan fingerprint density at radius 1 is 1.50 bits per heavy atom. The van der Waals surface area contributed by atoms with E-state index in [0.29, 0.717) is 19.4 Å². The largest absolute Gasteiger partial charge is 0.508 e. The number of rotatable bonds is 2. The lowest BCUT2D eigenvalue weighted by Gasteiger charge is -2.24. The Morgan fingerprint density at radius 3 is 2.94 bits per heavy atom. The van der Waals surface area contributed by atoms with Gasteiger partial charge in [-0.15, -0.1) is 0 Å². The molecule has 2 N–H and O–H groups in total. The fourth-order valence-corrected chi connectivity index (χ4v) is 2.03. The van der Waals surface area contributed by atoms with E-state index in [4.69, 9.17) is 5.11 Å². The highest BCUT2D eigenvalue weighted by atomic mass is 19.1. The van der Waals surface area contributed by atoms with Crippen LogP contribution in [0.4, 0.5) is 10.1 Å². The van der Waals surface area contributed by atoms with Gasteiger partial charge < -0.3 is 15.1 Å². The Labute approximate surface area is 91.9 Å². The van der Waals surface area contributed by atoms with E-state index in [1.165, 1.54) is 17.0 Å². The zero-order valence-electron chi connectivity index (χ0n) is 8.56. The van der Waals surface area contributed by atoms with Gasteiger partial charge in [0.25, 0.3) is 0 Å². The second-order valence-electron chi connectivity index (χ2n) is 3.83. The number of halogens is 1. The lowest BCUT2D eigenvalue weighted by Crippen LogP contribution is -2.36. The smallest absolute Gasteiger partial charge is 0.326 e. The summed E-state index contributed by atoms with van der Waals surface area (Å²) in [5.74, 6) is -1.53. The van der Waals surface area contributed by atoms with E-state index >= 15 is 0 Å². The molecule has 0 spiro atoms. The summed E-state index contributed by atoms with van der Waals surface area (Å²) in [5, 5.41) is 18.3. The van der Waals surface area contributed by atoms with Gasteiger partial charge in [0, 0.05) is 12.6 Å². The van der Waals surface area contributed by atoms with Gasteiger partial charge in [0.05, 0.1) is 5.69 Å². The predicted octanol–water partition coefficient (Wildman–Crippen LogP) is 1.58. The van der Waals surface area contributed by atoms with Crippen molar-refractivity contribution in [3.63, 3.8) is 0 Å². The van der Waals surface area contributed by atoms with E-state index in [0.717, 1.165) is 6.07 Å². The van der Waals surface area contributed by atoms with E-state index in [1.807, 2.05) is 0 Å². The second-order valence-corrected chi connectivity index (χ2v) is 3.83. The SMILES string of the molecule is O=C(O)C1CCCN1c1cc(O)ccc1F. The molecule has 0 aromatic heterocycles. The van der Waals surface area contributed by atoms with E-state index in [9.17, 15) is 14.3 Å². The molecule has 1 aromatic carbocycles. The van der Waals surface area contributed by atoms with Crippen LogP contribution in [-0.4, -0.2) is 28.8 Å². The molecular formula is C11H12FNO3. The van der Waals surface area contributed by atoms with Gasteiger partial charge in [0.2, 0.25) is 0 Å². The summed E-state index contributed by atoms with van der Waals surface area (Å²) in [5.41, 5.74) is 0.157. The third-order valence-electron chi connectivity index (χ3n) is 2.78. The molecule has 2 rings (SSSR count). The number of aromatic hydroxyl groups is 1. The predicted molar refractivity (Wildman–Crippen MR) is 56.1 cm³/mol. The minimum absolute atomic E-state index is 0.0626. The van der Waals surface area contributed by atoms with Crippen LogP contribution >= 0.6 is 0 Å². The number of phenols is 1. The van der Waals surface area contributed by atoms with Crippen molar-refractivity contribution in [2.45, 2.75) is 18.9 Å². The van der Waals surface area contributed by atoms with Crippen LogP contribution in [-0.2, 0) is 4.79 Å². The normalized spacial score (nSPS) is 20.1. The first-order valence-electron chi connectivity index (χ1n) is 5.07. The third-order valence-corrected chi connectivity index (χ3v) is 2.78. The molecule has 4 nitrogen and oxygen atoms in total. The number of anilines is 1. The van der Waals surface area contributed by atoms with Crippen LogP contribution in [0.25, 0.3) is 0 Å². The van der Waals surface area contributed by atoms with Gasteiger partial charge in [-0.05, 0) is 25.0 Å². The number of phenolic OH excluding ortho intramolecular Hbond substituents is 1. The Hall–Kier alpha value is -1.78. The summed E-state index contributed by atoms with van der Waals surface area (Å²) in [6.45, 7) is 0.497. The number of carboxylic acid groups (broad SMARTS) is 1. The third kappa shape index (κ3) is 1.80. The molecule has 0 radical (unpaired) electrons. The van der Waals surface area contributed by atoms with E-state index in [1.54, 1.807) is 0 Å². The highest BCUT2D eigenvalue weighted by molar-refractivity contribution is 5.79. The van der Waals surface area contributed by atoms with Gasteiger partial charge in [-0.2, -0.15) is 0 Å². The first-order chi connectivity index (χ1) is 7.59. The second kappa shape index (κ2) is 4.00. The van der Waals surface area contributed by atoms with Crippen molar-refractivity contribution in [1.82, 2.24) is 0 Å². The van der Waals surface area contributed by atoms with Crippen LogP contribution in [0.5, 0.6) is 5.75 Å². The summed E-state index contributed by atoms with van der Waals surface area (Å²) in [6, 6.07) is 2.94. The summed E-state index contributed by atoms with van der Waals surface area (Å²) >= 11 is 0. The van der Waals surface area contributed by atoms with Gasteiger partial charge in [-0.3, -0.25) is 0 Å². The average Bonchev–Trinajstić information content (AvgIpc) is 2.70. The van der Waals surface area contributed by atoms with Crippen molar-refractivity contribution < 1.29 is 19.4 Å². The Kier molecular flexibility index (Phi) is 2.68. The van der Waals surface area contributed by atoms with Gasteiger partial charge in [-0.25, -0.2) is 9.18 Å². The van der Waals surface area contributed by atoms with Crippen LogP contribution in [0.1, 0.15) is 12.8 Å². The van der Waals surface area contributed by atoms with Crippen molar-refractivity contribution in [3.05, 3.63) is 24.0 Å². The zero-order valence-corrected chi connectivity index (χ0v) is 8.56. The number of hydrogen-bond acceptors (Lipinski definition) is 3. The maximum absolute atomic E-state index is 13.5. The lowest BCUT2D eigenvalue weighted by molar-refractivity contribution is -0.138. The average molecular weight is 225 g/mol.